The third-order valence-electron chi connectivity index (χ3n) is 0. The van der Waals surface area contributed by atoms with E-state index in [0.717, 1.165) is 0 Å². The summed E-state index contributed by atoms with van der Waals surface area (Å²) in [6.07, 6.45) is 0. The van der Waals surface area contributed by atoms with E-state index >= 15 is 0 Å². The van der Waals surface area contributed by atoms with Crippen molar-refractivity contribution in [1.29, 1.82) is 0 Å². The molecule has 0 bridgehead atoms. The molecular weight excluding hydrogens is 220 g/mol. The van der Waals surface area contributed by atoms with Crippen molar-refractivity contribution >= 4 is 17.4 Å². The van der Waals surface area contributed by atoms with Crippen LogP contribution in [-0.4, -0.2) is 17.4 Å². The molecule has 1 radical (unpaired) electrons. The Balaban J connectivity index is -0.000000000500. The molecule has 0 heterocycles. The molecule has 6 heavy (non-hydrogen) atoms. The van der Waals surface area contributed by atoms with Crippen LogP contribution in [0.4, 0.5) is 0 Å². The fraction of sp³-hybridized carbons (Fsp3) is 0. The summed E-state index contributed by atoms with van der Waals surface area (Å²) in [6, 6.07) is 0. The minimum absolute atomic E-state index is 0. The number of hydrogen-bond donors (Lipinski definition) is 0. The van der Waals surface area contributed by atoms with E-state index < -0.39 is 0 Å². The molecular formula is H4AlCoFeLiMnO. The molecule has 1 nitrogen and oxygen atoms in total. The van der Waals surface area contributed by atoms with E-state index in [1.807, 2.05) is 0 Å². The second-order valence-electron chi connectivity index (χ2n) is 0. The Kier molecular flexibility index (Phi) is 334. The van der Waals surface area contributed by atoms with Crippen LogP contribution in [0.2, 0.25) is 0 Å². The van der Waals surface area contributed by atoms with Gasteiger partial charge in [-0.25, -0.2) is 0 Å². The zero-order valence-electron chi connectivity index (χ0n) is 3.47. The SMILES string of the molecule is [AlH3].[Co].[Fe].[H-].[Li+].[O]=[Mn]. The second kappa shape index (κ2) is 51.2. The molecule has 0 aromatic rings. The third kappa shape index (κ3) is 31.7. The fourth-order valence-electron chi connectivity index (χ4n) is 0. The van der Waals surface area contributed by atoms with Gasteiger partial charge >= 0.3 is 38.6 Å². The second-order valence-corrected chi connectivity index (χ2v) is 0. The summed E-state index contributed by atoms with van der Waals surface area (Å²) in [5.41, 5.74) is 0. The third-order valence-corrected chi connectivity index (χ3v) is 0. The van der Waals surface area contributed by atoms with Crippen LogP contribution < -0.4 is 18.9 Å². The predicted octanol–water partition coefficient (Wildman–Crippen LogP) is -4.19. The summed E-state index contributed by atoms with van der Waals surface area (Å²) in [6.45, 7) is 0. The van der Waals surface area contributed by atoms with Gasteiger partial charge in [0.1, 0.15) is 0 Å². The molecule has 0 rings (SSSR count). The van der Waals surface area contributed by atoms with Gasteiger partial charge in [0, 0.05) is 33.8 Å². The van der Waals surface area contributed by atoms with Gasteiger partial charge in [-0.2, -0.15) is 0 Å². The Morgan fingerprint density at radius 1 is 1.33 bits per heavy atom. The maximum absolute atomic E-state index is 8.06. The molecule has 0 atom stereocenters. The fourth-order valence-corrected chi connectivity index (χ4v) is 0. The summed E-state index contributed by atoms with van der Waals surface area (Å²) in [5, 5.41) is 0. The van der Waals surface area contributed by atoms with Crippen LogP contribution in [0.5, 0.6) is 0 Å². The van der Waals surface area contributed by atoms with Crippen molar-refractivity contribution < 1.29 is 73.9 Å². The molecule has 0 aliphatic carbocycles. The van der Waals surface area contributed by atoms with Crippen LogP contribution in [0, 0.1) is 0 Å². The van der Waals surface area contributed by atoms with Gasteiger partial charge in [-0.1, -0.05) is 0 Å². The van der Waals surface area contributed by atoms with Gasteiger partial charge in [0.05, 0.1) is 0 Å². The average Bonchev–Trinajstić information content (AvgIpc) is 1.00. The Bertz CT molecular complexity index is 19.7. The van der Waals surface area contributed by atoms with Crippen molar-refractivity contribution in [3.63, 3.8) is 0 Å². The topological polar surface area (TPSA) is 17.1 Å². The predicted molar refractivity (Wildman–Crippen MR) is 11.7 cm³/mol. The summed E-state index contributed by atoms with van der Waals surface area (Å²) < 4.78 is 8.06. The summed E-state index contributed by atoms with van der Waals surface area (Å²) in [4.78, 5) is 0. The quantitative estimate of drug-likeness (QED) is 0.381. The average molecular weight is 224 g/mol. The Hall–Kier alpha value is 2.48. The van der Waals surface area contributed by atoms with E-state index in [9.17, 15) is 0 Å². The van der Waals surface area contributed by atoms with Gasteiger partial charge in [0.15, 0.2) is 17.4 Å². The maximum atomic E-state index is 8.06. The molecule has 0 saturated heterocycles. The van der Waals surface area contributed by atoms with Crippen molar-refractivity contribution in [3.8, 4) is 0 Å². The molecule has 0 amide bonds. The summed E-state index contributed by atoms with van der Waals surface area (Å²) in [7, 11) is 0. The van der Waals surface area contributed by atoms with E-state index in [0.29, 0.717) is 0 Å². The van der Waals surface area contributed by atoms with Gasteiger partial charge in [0.25, 0.3) is 0 Å². The van der Waals surface area contributed by atoms with Crippen LogP contribution in [0.3, 0.4) is 0 Å². The molecule has 0 spiro atoms. The van der Waals surface area contributed by atoms with Crippen molar-refractivity contribution in [2.75, 3.05) is 0 Å². The summed E-state index contributed by atoms with van der Waals surface area (Å²) >= 11 is 1.69. The molecule has 6 heteroatoms. The molecule has 0 fully saturated rings. The summed E-state index contributed by atoms with van der Waals surface area (Å²) in [5.74, 6) is 0. The van der Waals surface area contributed by atoms with Gasteiger partial charge in [-0.3, -0.25) is 0 Å². The monoisotopic (exact) mass is 224 g/mol. The molecule has 0 aliphatic rings. The van der Waals surface area contributed by atoms with Crippen LogP contribution >= 0.6 is 0 Å². The van der Waals surface area contributed by atoms with Crippen LogP contribution in [0.25, 0.3) is 0 Å². The molecule has 0 N–H and O–H groups in total. The molecule has 38 valence electrons. The van der Waals surface area contributed by atoms with Gasteiger partial charge < -0.3 is 1.43 Å². The first kappa shape index (κ1) is 39.2. The van der Waals surface area contributed by atoms with Gasteiger partial charge in [0.2, 0.25) is 0 Å². The van der Waals surface area contributed by atoms with E-state index in [1.165, 1.54) is 0 Å². The molecule has 0 unspecified atom stereocenters. The number of hydrogen-bond acceptors (Lipinski definition) is 1. The van der Waals surface area contributed by atoms with E-state index in [1.54, 1.807) is 15.9 Å². The van der Waals surface area contributed by atoms with Crippen molar-refractivity contribution in [2.24, 2.45) is 0 Å². The Morgan fingerprint density at radius 3 is 1.33 bits per heavy atom. The molecule has 0 aliphatic heterocycles. The number of rotatable bonds is 0. The van der Waals surface area contributed by atoms with Crippen LogP contribution in [0.15, 0.2) is 0 Å². The molecule has 0 aromatic heterocycles. The van der Waals surface area contributed by atoms with Gasteiger partial charge in [-0.15, -0.1) is 0 Å². The first-order valence-corrected chi connectivity index (χ1v) is 0.636. The minimum atomic E-state index is 0. The van der Waals surface area contributed by atoms with E-state index in [4.69, 9.17) is 3.83 Å². The van der Waals surface area contributed by atoms with Gasteiger partial charge in [-0.05, 0) is 0 Å². The van der Waals surface area contributed by atoms with Crippen LogP contribution in [-0.2, 0) is 53.6 Å². The van der Waals surface area contributed by atoms with Crippen molar-refractivity contribution in [2.45, 2.75) is 0 Å². The van der Waals surface area contributed by atoms with Crippen molar-refractivity contribution in [3.05, 3.63) is 0 Å². The van der Waals surface area contributed by atoms with Crippen LogP contribution in [0.1, 0.15) is 1.43 Å². The first-order chi connectivity index (χ1) is 1.00. The standard InChI is InChI=1S/Al.Co.Fe.Li.Mn.O.4H/q;;;+1;;;;;;-1. The Morgan fingerprint density at radius 2 is 1.33 bits per heavy atom. The zero-order valence-corrected chi connectivity index (χ0v) is 5.80. The van der Waals surface area contributed by atoms with E-state index in [-0.39, 0.29) is 71.5 Å². The van der Waals surface area contributed by atoms with E-state index in [2.05, 4.69) is 0 Å². The zero-order chi connectivity index (χ0) is 2.00. The normalized spacial score (nSPS) is 0.667. The Labute approximate surface area is 90.3 Å². The molecule has 0 saturated carbocycles. The first-order valence-electron chi connectivity index (χ1n) is 0.154. The van der Waals surface area contributed by atoms with Crippen molar-refractivity contribution in [1.82, 2.24) is 0 Å². The molecule has 0 aromatic carbocycles.